The molecule has 2 amide bonds. The third-order valence-corrected chi connectivity index (χ3v) is 6.75. The van der Waals surface area contributed by atoms with Gasteiger partial charge in [-0.2, -0.15) is 4.39 Å². The normalized spacial score (nSPS) is 11.6. The zero-order valence-corrected chi connectivity index (χ0v) is 24.2. The van der Waals surface area contributed by atoms with Crippen molar-refractivity contribution in [2.24, 2.45) is 22.2 Å². The van der Waals surface area contributed by atoms with Gasteiger partial charge in [-0.25, -0.2) is 14.4 Å². The number of nitrogens with zero attached hydrogens (tertiary/aromatic N) is 4. The van der Waals surface area contributed by atoms with Gasteiger partial charge in [0.15, 0.2) is 29.0 Å². The first-order valence-corrected chi connectivity index (χ1v) is 13.8. The standard InChI is InChI=1S/C29H34F2N10O3/c1-3-16-14-17(4-5-18(16)27(42)36-10-11-37-28(43)20(32)8-9-38-29(33)34)40-25-26-39-15-21(41(26)13-12-35-25)19-6-7-22(44-2)24(31)23(19)30/h4-7,12-15,20H,3,8-11,32H2,1-2H3,(H,35,40)(H,36,42)(H,37,43)(H4,33,34,38). The summed E-state index contributed by atoms with van der Waals surface area (Å²) in [5.41, 5.74) is 19.0. The molecule has 0 radical (unpaired) electrons. The lowest BCUT2D eigenvalue weighted by atomic mass is 10.0. The average Bonchev–Trinajstić information content (AvgIpc) is 3.45. The third-order valence-electron chi connectivity index (χ3n) is 6.75. The van der Waals surface area contributed by atoms with Crippen molar-refractivity contribution in [3.8, 4) is 17.0 Å². The summed E-state index contributed by atoms with van der Waals surface area (Å²) in [5, 5.41) is 8.66. The van der Waals surface area contributed by atoms with Crippen LogP contribution in [-0.4, -0.2) is 64.9 Å². The summed E-state index contributed by atoms with van der Waals surface area (Å²) in [6.07, 6.45) is 5.38. The fourth-order valence-corrected chi connectivity index (χ4v) is 4.47. The topological polar surface area (TPSA) is 200 Å². The second-order valence-corrected chi connectivity index (χ2v) is 9.66. The maximum atomic E-state index is 14.8. The van der Waals surface area contributed by atoms with E-state index < -0.39 is 17.7 Å². The van der Waals surface area contributed by atoms with Crippen molar-refractivity contribution in [3.05, 3.63) is 71.7 Å². The number of hydrogen-bond acceptors (Lipinski definition) is 8. The number of halogens is 2. The van der Waals surface area contributed by atoms with Crippen molar-refractivity contribution >= 4 is 34.9 Å². The van der Waals surface area contributed by atoms with Crippen LogP contribution in [0.25, 0.3) is 16.9 Å². The zero-order chi connectivity index (χ0) is 31.8. The van der Waals surface area contributed by atoms with Crippen LogP contribution in [-0.2, 0) is 11.2 Å². The van der Waals surface area contributed by atoms with Gasteiger partial charge in [-0.1, -0.05) is 6.92 Å². The van der Waals surface area contributed by atoms with Crippen molar-refractivity contribution < 1.29 is 23.1 Å². The number of imidazole rings is 1. The van der Waals surface area contributed by atoms with Crippen molar-refractivity contribution in [2.45, 2.75) is 25.8 Å². The van der Waals surface area contributed by atoms with Gasteiger partial charge >= 0.3 is 0 Å². The lowest BCUT2D eigenvalue weighted by Crippen LogP contribution is -2.44. The van der Waals surface area contributed by atoms with E-state index in [4.69, 9.17) is 21.9 Å². The fraction of sp³-hybridized carbons (Fsp3) is 0.276. The molecule has 2 aromatic carbocycles. The number of nitrogens with two attached hydrogens (primary N) is 3. The predicted molar refractivity (Wildman–Crippen MR) is 163 cm³/mol. The Hall–Kier alpha value is -5.31. The van der Waals surface area contributed by atoms with E-state index in [1.54, 1.807) is 22.7 Å². The van der Waals surface area contributed by atoms with Gasteiger partial charge in [-0.05, 0) is 48.7 Å². The van der Waals surface area contributed by atoms with Gasteiger partial charge in [0.1, 0.15) is 0 Å². The maximum Gasteiger partial charge on any atom is 0.251 e. The quantitative estimate of drug-likeness (QED) is 0.0744. The SMILES string of the molecule is CCc1cc(Nc2nccn3c(-c4ccc(OC)c(F)c4F)cnc23)ccc1C(=O)NCCNC(=O)C(N)CCN=C(N)N. The summed E-state index contributed by atoms with van der Waals surface area (Å²) in [4.78, 5) is 37.5. The van der Waals surface area contributed by atoms with Crippen LogP contribution in [0.15, 0.2) is 53.9 Å². The van der Waals surface area contributed by atoms with Gasteiger partial charge in [0, 0.05) is 48.8 Å². The molecule has 0 fully saturated rings. The molecule has 13 nitrogen and oxygen atoms in total. The van der Waals surface area contributed by atoms with Crippen LogP contribution < -0.4 is 37.9 Å². The first-order chi connectivity index (χ1) is 21.1. The molecule has 2 aromatic heterocycles. The molecule has 0 saturated carbocycles. The number of amides is 2. The summed E-state index contributed by atoms with van der Waals surface area (Å²) >= 11 is 0. The molecule has 44 heavy (non-hydrogen) atoms. The van der Waals surface area contributed by atoms with E-state index >= 15 is 0 Å². The first kappa shape index (κ1) is 31.6. The highest BCUT2D eigenvalue weighted by Crippen LogP contribution is 2.31. The molecule has 4 aromatic rings. The third kappa shape index (κ3) is 7.18. The Morgan fingerprint density at radius 1 is 1.09 bits per heavy atom. The van der Waals surface area contributed by atoms with E-state index in [0.29, 0.717) is 34.8 Å². The van der Waals surface area contributed by atoms with Crippen LogP contribution in [0.2, 0.25) is 0 Å². The molecule has 2 heterocycles. The van der Waals surface area contributed by atoms with Gasteiger partial charge in [-0.3, -0.25) is 19.0 Å². The molecule has 0 aliphatic heterocycles. The van der Waals surface area contributed by atoms with E-state index in [1.165, 1.54) is 31.6 Å². The van der Waals surface area contributed by atoms with Crippen LogP contribution in [0.1, 0.15) is 29.3 Å². The lowest BCUT2D eigenvalue weighted by molar-refractivity contribution is -0.122. The summed E-state index contributed by atoms with van der Waals surface area (Å²) < 4.78 is 35.6. The van der Waals surface area contributed by atoms with Crippen LogP contribution in [0.5, 0.6) is 5.75 Å². The molecule has 1 unspecified atom stereocenters. The van der Waals surface area contributed by atoms with Gasteiger partial charge in [0.05, 0.1) is 25.0 Å². The molecule has 1 atom stereocenters. The van der Waals surface area contributed by atoms with E-state index in [-0.39, 0.29) is 55.1 Å². The van der Waals surface area contributed by atoms with E-state index in [9.17, 15) is 18.4 Å². The number of ether oxygens (including phenoxy) is 1. The summed E-state index contributed by atoms with van der Waals surface area (Å²) in [7, 11) is 1.26. The Labute approximate surface area is 251 Å². The monoisotopic (exact) mass is 608 g/mol. The molecule has 232 valence electrons. The van der Waals surface area contributed by atoms with Crippen molar-refractivity contribution in [1.29, 1.82) is 0 Å². The molecule has 0 aliphatic rings. The number of aromatic nitrogens is 3. The molecule has 4 rings (SSSR count). The Kier molecular flexibility index (Phi) is 10.2. The van der Waals surface area contributed by atoms with Crippen molar-refractivity contribution in [1.82, 2.24) is 25.0 Å². The zero-order valence-electron chi connectivity index (χ0n) is 24.2. The van der Waals surface area contributed by atoms with Gasteiger partial charge in [-0.15, -0.1) is 0 Å². The molecule has 9 N–H and O–H groups in total. The second-order valence-electron chi connectivity index (χ2n) is 9.66. The minimum atomic E-state index is -1.09. The Bertz CT molecular complexity index is 1690. The lowest BCUT2D eigenvalue weighted by Gasteiger charge is -2.14. The largest absolute Gasteiger partial charge is 0.494 e. The van der Waals surface area contributed by atoms with E-state index in [1.807, 2.05) is 13.0 Å². The van der Waals surface area contributed by atoms with Crippen LogP contribution in [0.4, 0.5) is 20.3 Å². The minimum Gasteiger partial charge on any atom is -0.494 e. The number of aryl methyl sites for hydroxylation is 1. The van der Waals surface area contributed by atoms with Gasteiger partial charge in [0.2, 0.25) is 11.7 Å². The number of fused-ring (bicyclic) bond motifs is 1. The molecular weight excluding hydrogens is 574 g/mol. The first-order valence-electron chi connectivity index (χ1n) is 13.8. The Balaban J connectivity index is 1.41. The number of aliphatic imine (C=N–C) groups is 1. The van der Waals surface area contributed by atoms with Gasteiger partial charge < -0.3 is 37.9 Å². The summed E-state index contributed by atoms with van der Waals surface area (Å²) in [5.74, 6) is -2.70. The number of guanidine groups is 1. The maximum absolute atomic E-state index is 14.8. The number of rotatable bonds is 13. The summed E-state index contributed by atoms with van der Waals surface area (Å²) in [6, 6.07) is 7.22. The number of carbonyl (C=O) groups excluding carboxylic acids is 2. The minimum absolute atomic E-state index is 0.0156. The van der Waals surface area contributed by atoms with Crippen molar-refractivity contribution in [2.75, 3.05) is 32.1 Å². The predicted octanol–water partition coefficient (Wildman–Crippen LogP) is 1.83. The van der Waals surface area contributed by atoms with Crippen LogP contribution in [0.3, 0.4) is 0 Å². The summed E-state index contributed by atoms with van der Waals surface area (Å²) in [6.45, 7) is 2.54. The molecule has 0 aliphatic carbocycles. The second kappa shape index (κ2) is 14.2. The highest BCUT2D eigenvalue weighted by atomic mass is 19.2. The molecule has 0 saturated heterocycles. The number of methoxy groups -OCH3 is 1. The van der Waals surface area contributed by atoms with E-state index in [2.05, 4.69) is 30.9 Å². The molecule has 0 spiro atoms. The number of benzene rings is 2. The fourth-order valence-electron chi connectivity index (χ4n) is 4.47. The van der Waals surface area contributed by atoms with Crippen molar-refractivity contribution in [3.63, 3.8) is 0 Å². The van der Waals surface area contributed by atoms with Crippen LogP contribution >= 0.6 is 0 Å². The number of nitrogens with one attached hydrogen (secondary N) is 3. The smallest absolute Gasteiger partial charge is 0.251 e. The Morgan fingerprint density at radius 3 is 2.59 bits per heavy atom. The van der Waals surface area contributed by atoms with Crippen LogP contribution in [0, 0.1) is 11.6 Å². The number of anilines is 2. The van der Waals surface area contributed by atoms with E-state index in [0.717, 1.165) is 5.56 Å². The highest BCUT2D eigenvalue weighted by molar-refractivity contribution is 5.96. The van der Waals surface area contributed by atoms with Gasteiger partial charge in [0.25, 0.3) is 5.91 Å². The highest BCUT2D eigenvalue weighted by Gasteiger charge is 2.20. The molecule has 15 heteroatoms. The Morgan fingerprint density at radius 2 is 1.86 bits per heavy atom. The number of carbonyl (C=O) groups is 2. The number of hydrogen-bond donors (Lipinski definition) is 6. The average molecular weight is 609 g/mol. The molecule has 0 bridgehead atoms. The molecular formula is C29H34F2N10O3.